The molecule has 0 radical (unpaired) electrons. The molecule has 1 aliphatic heterocycles. The third-order valence-electron chi connectivity index (χ3n) is 3.30. The van der Waals surface area contributed by atoms with Gasteiger partial charge >= 0.3 is 0 Å². The van der Waals surface area contributed by atoms with Crippen LogP contribution in [0.1, 0.15) is 11.1 Å². The largest absolute Gasteiger partial charge is 0.492 e. The Hall–Kier alpha value is -1.96. The fourth-order valence-electron chi connectivity index (χ4n) is 2.25. The maximum absolute atomic E-state index is 5.96. The molecule has 0 fully saturated rings. The van der Waals surface area contributed by atoms with Crippen LogP contribution >= 0.6 is 0 Å². The summed E-state index contributed by atoms with van der Waals surface area (Å²) in [4.78, 5) is 0. The van der Waals surface area contributed by atoms with Gasteiger partial charge in [-0.2, -0.15) is 0 Å². The fourth-order valence-corrected chi connectivity index (χ4v) is 2.25. The molecule has 0 amide bonds. The second kappa shape index (κ2) is 3.81. The Kier molecular flexibility index (Phi) is 2.29. The van der Waals surface area contributed by atoms with Crippen molar-refractivity contribution in [3.8, 4) is 16.9 Å². The molecule has 86 valence electrons. The second-order valence-electron chi connectivity index (χ2n) is 4.46. The van der Waals surface area contributed by atoms with Crippen molar-refractivity contribution in [1.82, 2.24) is 0 Å². The molecule has 0 saturated heterocycles. The highest BCUT2D eigenvalue weighted by Crippen LogP contribution is 2.37. The molecule has 2 aromatic rings. The van der Waals surface area contributed by atoms with Crippen molar-refractivity contribution < 1.29 is 4.74 Å². The molecule has 0 saturated carbocycles. The van der Waals surface area contributed by atoms with Gasteiger partial charge in [0.1, 0.15) is 5.75 Å². The summed E-state index contributed by atoms with van der Waals surface area (Å²) in [5.41, 5.74) is 11.5. The van der Waals surface area contributed by atoms with Crippen LogP contribution < -0.4 is 10.5 Å². The summed E-state index contributed by atoms with van der Waals surface area (Å²) in [6, 6.07) is 12.5. The number of benzene rings is 2. The molecule has 2 heteroatoms. The molecule has 0 aromatic heterocycles. The monoisotopic (exact) mass is 225 g/mol. The summed E-state index contributed by atoms with van der Waals surface area (Å²) >= 11 is 0. The zero-order chi connectivity index (χ0) is 11.8. The Morgan fingerprint density at radius 1 is 1.18 bits per heavy atom. The van der Waals surface area contributed by atoms with Gasteiger partial charge in [-0.3, -0.25) is 0 Å². The molecule has 1 aliphatic rings. The van der Waals surface area contributed by atoms with Crippen LogP contribution in [-0.2, 0) is 6.42 Å². The van der Waals surface area contributed by atoms with Crippen LogP contribution in [-0.4, -0.2) is 6.61 Å². The molecule has 0 unspecified atom stereocenters. The number of anilines is 1. The van der Waals surface area contributed by atoms with E-state index < -0.39 is 0 Å². The first-order chi connectivity index (χ1) is 8.25. The SMILES string of the molecule is Cc1ccc(-c2cccc3c2OCC3)cc1N. The number of para-hydroxylation sites is 1. The second-order valence-corrected chi connectivity index (χ2v) is 4.46. The van der Waals surface area contributed by atoms with Crippen LogP contribution in [0.2, 0.25) is 0 Å². The maximum atomic E-state index is 5.96. The quantitative estimate of drug-likeness (QED) is 0.756. The van der Waals surface area contributed by atoms with E-state index >= 15 is 0 Å². The van der Waals surface area contributed by atoms with Crippen LogP contribution in [0.25, 0.3) is 11.1 Å². The number of aryl methyl sites for hydroxylation is 1. The molecular formula is C15H15NO. The first-order valence-corrected chi connectivity index (χ1v) is 5.87. The zero-order valence-corrected chi connectivity index (χ0v) is 9.86. The molecule has 0 bridgehead atoms. The lowest BCUT2D eigenvalue weighted by atomic mass is 9.99. The first-order valence-electron chi connectivity index (χ1n) is 5.87. The highest BCUT2D eigenvalue weighted by atomic mass is 16.5. The summed E-state index contributed by atoms with van der Waals surface area (Å²) in [5, 5.41) is 0. The van der Waals surface area contributed by atoms with Crippen LogP contribution in [0.5, 0.6) is 5.75 Å². The number of hydrogen-bond donors (Lipinski definition) is 1. The number of rotatable bonds is 1. The summed E-state index contributed by atoms with van der Waals surface area (Å²) in [6.45, 7) is 2.80. The third kappa shape index (κ3) is 1.66. The van der Waals surface area contributed by atoms with E-state index in [-0.39, 0.29) is 0 Å². The minimum absolute atomic E-state index is 0.785. The summed E-state index contributed by atoms with van der Waals surface area (Å²) < 4.78 is 5.71. The normalized spacial score (nSPS) is 13.2. The molecule has 2 nitrogen and oxygen atoms in total. The standard InChI is InChI=1S/C15H15NO/c1-10-5-6-12(9-14(10)16)13-4-2-3-11-7-8-17-15(11)13/h2-6,9H,7-8,16H2,1H3. The van der Waals surface area contributed by atoms with E-state index in [4.69, 9.17) is 10.5 Å². The summed E-state index contributed by atoms with van der Waals surface area (Å²) in [7, 11) is 0. The predicted octanol–water partition coefficient (Wildman–Crippen LogP) is 3.18. The Morgan fingerprint density at radius 2 is 2.06 bits per heavy atom. The molecule has 0 spiro atoms. The lowest BCUT2D eigenvalue weighted by Crippen LogP contribution is -1.92. The minimum Gasteiger partial charge on any atom is -0.492 e. The summed E-state index contributed by atoms with van der Waals surface area (Å²) in [6.07, 6.45) is 1.00. The molecule has 0 aliphatic carbocycles. The van der Waals surface area contributed by atoms with E-state index in [1.165, 1.54) is 5.56 Å². The van der Waals surface area contributed by atoms with E-state index in [9.17, 15) is 0 Å². The molecule has 0 atom stereocenters. The fraction of sp³-hybridized carbons (Fsp3) is 0.200. The molecule has 2 N–H and O–H groups in total. The Bertz CT molecular complexity index is 575. The van der Waals surface area contributed by atoms with Crippen LogP contribution in [0, 0.1) is 6.92 Å². The lowest BCUT2D eigenvalue weighted by molar-refractivity contribution is 0.358. The zero-order valence-electron chi connectivity index (χ0n) is 9.86. The minimum atomic E-state index is 0.785. The topological polar surface area (TPSA) is 35.2 Å². The average Bonchev–Trinajstić information content (AvgIpc) is 2.80. The van der Waals surface area contributed by atoms with Gasteiger partial charge in [0.15, 0.2) is 0 Å². The molecule has 17 heavy (non-hydrogen) atoms. The Balaban J connectivity index is 2.15. The van der Waals surface area contributed by atoms with Crippen molar-refractivity contribution in [3.63, 3.8) is 0 Å². The number of ether oxygens (including phenoxy) is 1. The number of nitrogens with two attached hydrogens (primary N) is 1. The van der Waals surface area contributed by atoms with Gasteiger partial charge in [-0.05, 0) is 29.7 Å². The van der Waals surface area contributed by atoms with Crippen molar-refractivity contribution in [2.45, 2.75) is 13.3 Å². The molecule has 2 aromatic carbocycles. The van der Waals surface area contributed by atoms with Crippen molar-refractivity contribution >= 4 is 5.69 Å². The van der Waals surface area contributed by atoms with Gasteiger partial charge in [0, 0.05) is 17.7 Å². The van der Waals surface area contributed by atoms with Crippen LogP contribution in [0.15, 0.2) is 36.4 Å². The van der Waals surface area contributed by atoms with Gasteiger partial charge in [0.25, 0.3) is 0 Å². The third-order valence-corrected chi connectivity index (χ3v) is 3.30. The van der Waals surface area contributed by atoms with E-state index in [0.717, 1.165) is 41.2 Å². The van der Waals surface area contributed by atoms with Gasteiger partial charge < -0.3 is 10.5 Å². The highest BCUT2D eigenvalue weighted by Gasteiger charge is 2.16. The number of fused-ring (bicyclic) bond motifs is 1. The Labute approximate surface area is 101 Å². The van der Waals surface area contributed by atoms with Gasteiger partial charge in [-0.1, -0.05) is 30.3 Å². The predicted molar refractivity (Wildman–Crippen MR) is 70.2 cm³/mol. The van der Waals surface area contributed by atoms with Crippen molar-refractivity contribution in [2.24, 2.45) is 0 Å². The van der Waals surface area contributed by atoms with E-state index in [1.807, 2.05) is 13.0 Å². The number of hydrogen-bond acceptors (Lipinski definition) is 2. The van der Waals surface area contributed by atoms with Crippen LogP contribution in [0.3, 0.4) is 0 Å². The van der Waals surface area contributed by atoms with E-state index in [1.54, 1.807) is 0 Å². The van der Waals surface area contributed by atoms with Crippen molar-refractivity contribution in [1.29, 1.82) is 0 Å². The molecule has 1 heterocycles. The number of nitrogen functional groups attached to an aromatic ring is 1. The van der Waals surface area contributed by atoms with Gasteiger partial charge in [-0.25, -0.2) is 0 Å². The van der Waals surface area contributed by atoms with Gasteiger partial charge in [-0.15, -0.1) is 0 Å². The van der Waals surface area contributed by atoms with Crippen LogP contribution in [0.4, 0.5) is 5.69 Å². The smallest absolute Gasteiger partial charge is 0.130 e. The van der Waals surface area contributed by atoms with Gasteiger partial charge in [0.2, 0.25) is 0 Å². The average molecular weight is 225 g/mol. The van der Waals surface area contributed by atoms with Gasteiger partial charge in [0.05, 0.1) is 6.61 Å². The highest BCUT2D eigenvalue weighted by molar-refractivity contribution is 5.75. The summed E-state index contributed by atoms with van der Waals surface area (Å²) in [5.74, 6) is 1.02. The molecular weight excluding hydrogens is 210 g/mol. The van der Waals surface area contributed by atoms with Crippen molar-refractivity contribution in [3.05, 3.63) is 47.5 Å². The van der Waals surface area contributed by atoms with E-state index in [0.29, 0.717) is 0 Å². The Morgan fingerprint density at radius 3 is 2.88 bits per heavy atom. The maximum Gasteiger partial charge on any atom is 0.130 e. The first kappa shape index (κ1) is 10.2. The van der Waals surface area contributed by atoms with E-state index in [2.05, 4.69) is 30.3 Å². The van der Waals surface area contributed by atoms with Crippen molar-refractivity contribution in [2.75, 3.05) is 12.3 Å². The molecule has 3 rings (SSSR count). The lowest BCUT2D eigenvalue weighted by Gasteiger charge is -2.09.